The molecule has 6 heteroatoms. The molecule has 0 bridgehead atoms. The first-order valence-electron chi connectivity index (χ1n) is 12.1. The molecule has 1 unspecified atom stereocenters. The molecule has 2 fully saturated rings. The lowest BCUT2D eigenvalue weighted by Crippen LogP contribution is -2.67. The highest BCUT2D eigenvalue weighted by molar-refractivity contribution is 6.03. The lowest BCUT2D eigenvalue weighted by atomic mass is 9.82. The predicted octanol–water partition coefficient (Wildman–Crippen LogP) is 4.72. The molecule has 2 aromatic rings. The summed E-state index contributed by atoms with van der Waals surface area (Å²) < 4.78 is 7.57. The van der Waals surface area contributed by atoms with Gasteiger partial charge >= 0.3 is 0 Å². The van der Waals surface area contributed by atoms with Gasteiger partial charge in [-0.25, -0.2) is 0 Å². The number of furan rings is 1. The Hall–Kier alpha value is -2.24. The molecule has 1 aliphatic heterocycles. The summed E-state index contributed by atoms with van der Waals surface area (Å²) in [6.07, 6.45) is 10.2. The molecule has 3 aliphatic rings. The van der Waals surface area contributed by atoms with E-state index in [9.17, 15) is 9.59 Å². The van der Waals surface area contributed by atoms with Crippen LogP contribution in [0.3, 0.4) is 0 Å². The number of carbonyl (C=O) groups is 2. The maximum atomic E-state index is 13.8. The van der Waals surface area contributed by atoms with Crippen molar-refractivity contribution in [1.29, 1.82) is 0 Å². The first kappa shape index (κ1) is 20.7. The summed E-state index contributed by atoms with van der Waals surface area (Å²) in [7, 11) is 0. The van der Waals surface area contributed by atoms with Crippen LogP contribution in [0, 0.1) is 11.8 Å². The van der Waals surface area contributed by atoms with E-state index in [1.807, 2.05) is 28.5 Å². The van der Waals surface area contributed by atoms with E-state index in [0.717, 1.165) is 62.8 Å². The molecule has 0 aromatic carbocycles. The van der Waals surface area contributed by atoms with Crippen molar-refractivity contribution >= 4 is 22.9 Å². The molecular formula is C25H35N3O3. The molecule has 3 heterocycles. The standard InChI is InChI=1S/C25H35N3O3/c1-16-4-8-18(9-5-16)26-24(30)25(3)15-27-20-12-13-31-22(20)14-21(27)23(29)28(25)19-10-6-17(2)7-11-19/h12-14,16-19H,4-11,15H2,1-3H3,(H,26,30). The van der Waals surface area contributed by atoms with E-state index in [1.54, 1.807) is 6.26 Å². The number of nitrogens with one attached hydrogen (secondary N) is 1. The topological polar surface area (TPSA) is 67.5 Å². The molecule has 31 heavy (non-hydrogen) atoms. The lowest BCUT2D eigenvalue weighted by molar-refractivity contribution is -0.135. The second kappa shape index (κ2) is 7.72. The first-order chi connectivity index (χ1) is 14.9. The predicted molar refractivity (Wildman–Crippen MR) is 120 cm³/mol. The van der Waals surface area contributed by atoms with Crippen LogP contribution in [0.4, 0.5) is 0 Å². The number of hydrogen-bond acceptors (Lipinski definition) is 3. The Morgan fingerprint density at radius 2 is 1.71 bits per heavy atom. The van der Waals surface area contributed by atoms with E-state index < -0.39 is 5.54 Å². The van der Waals surface area contributed by atoms with Gasteiger partial charge < -0.3 is 19.2 Å². The number of amides is 2. The van der Waals surface area contributed by atoms with Crippen LogP contribution in [0.25, 0.3) is 11.1 Å². The maximum Gasteiger partial charge on any atom is 0.271 e. The van der Waals surface area contributed by atoms with Crippen molar-refractivity contribution in [2.75, 3.05) is 0 Å². The van der Waals surface area contributed by atoms with Crippen LogP contribution in [-0.2, 0) is 11.3 Å². The zero-order valence-electron chi connectivity index (χ0n) is 19.0. The quantitative estimate of drug-likeness (QED) is 0.774. The van der Waals surface area contributed by atoms with Crippen LogP contribution in [-0.4, -0.2) is 38.9 Å². The Balaban J connectivity index is 1.49. The second-order valence-electron chi connectivity index (χ2n) is 10.6. The van der Waals surface area contributed by atoms with E-state index in [1.165, 1.54) is 0 Å². The maximum absolute atomic E-state index is 13.8. The average Bonchev–Trinajstić information content (AvgIpc) is 3.33. The monoisotopic (exact) mass is 425 g/mol. The second-order valence-corrected chi connectivity index (χ2v) is 10.6. The summed E-state index contributed by atoms with van der Waals surface area (Å²) in [6.45, 7) is 7.01. The van der Waals surface area contributed by atoms with Gasteiger partial charge in [-0.2, -0.15) is 0 Å². The van der Waals surface area contributed by atoms with Crippen LogP contribution in [0.1, 0.15) is 82.6 Å². The van der Waals surface area contributed by atoms with Crippen LogP contribution >= 0.6 is 0 Å². The fraction of sp³-hybridized carbons (Fsp3) is 0.680. The number of rotatable bonds is 3. The molecule has 5 rings (SSSR count). The summed E-state index contributed by atoms with van der Waals surface area (Å²) in [4.78, 5) is 29.5. The summed E-state index contributed by atoms with van der Waals surface area (Å²) >= 11 is 0. The molecule has 0 radical (unpaired) electrons. The van der Waals surface area contributed by atoms with Gasteiger partial charge in [0, 0.05) is 24.2 Å². The molecule has 2 aliphatic carbocycles. The van der Waals surface area contributed by atoms with Crippen molar-refractivity contribution in [2.45, 2.75) is 96.3 Å². The van der Waals surface area contributed by atoms with Crippen LogP contribution in [0.2, 0.25) is 0 Å². The molecule has 2 amide bonds. The van der Waals surface area contributed by atoms with Crippen LogP contribution < -0.4 is 5.32 Å². The zero-order chi connectivity index (χ0) is 21.8. The van der Waals surface area contributed by atoms with E-state index in [0.29, 0.717) is 23.7 Å². The minimum atomic E-state index is -0.901. The highest BCUT2D eigenvalue weighted by atomic mass is 16.3. The van der Waals surface area contributed by atoms with Gasteiger partial charge in [-0.15, -0.1) is 0 Å². The smallest absolute Gasteiger partial charge is 0.271 e. The minimum Gasteiger partial charge on any atom is -0.463 e. The highest BCUT2D eigenvalue weighted by Gasteiger charge is 2.51. The Labute approximate surface area is 184 Å². The van der Waals surface area contributed by atoms with Crippen molar-refractivity contribution in [3.8, 4) is 0 Å². The Kier molecular flexibility index (Phi) is 5.14. The van der Waals surface area contributed by atoms with E-state index in [-0.39, 0.29) is 23.9 Å². The van der Waals surface area contributed by atoms with Gasteiger partial charge in [-0.1, -0.05) is 13.8 Å². The van der Waals surface area contributed by atoms with Crippen LogP contribution in [0.15, 0.2) is 22.8 Å². The highest BCUT2D eigenvalue weighted by Crippen LogP contribution is 2.38. The number of carbonyl (C=O) groups excluding carboxylic acids is 2. The van der Waals surface area contributed by atoms with Crippen molar-refractivity contribution in [3.63, 3.8) is 0 Å². The number of aromatic nitrogens is 1. The third-order valence-corrected chi connectivity index (χ3v) is 8.15. The molecular weight excluding hydrogens is 390 g/mol. The number of fused-ring (bicyclic) bond motifs is 3. The van der Waals surface area contributed by atoms with Gasteiger partial charge in [-0.3, -0.25) is 9.59 Å². The van der Waals surface area contributed by atoms with Crippen molar-refractivity contribution in [2.24, 2.45) is 11.8 Å². The third-order valence-electron chi connectivity index (χ3n) is 8.15. The summed E-state index contributed by atoms with van der Waals surface area (Å²) in [5, 5.41) is 3.34. The Morgan fingerprint density at radius 3 is 2.39 bits per heavy atom. The van der Waals surface area contributed by atoms with Crippen molar-refractivity contribution in [1.82, 2.24) is 14.8 Å². The minimum absolute atomic E-state index is 0.00461. The van der Waals surface area contributed by atoms with E-state index in [2.05, 4.69) is 19.2 Å². The van der Waals surface area contributed by atoms with E-state index in [4.69, 9.17) is 4.42 Å². The third kappa shape index (κ3) is 3.48. The molecule has 2 saturated carbocycles. The number of nitrogens with zero attached hydrogens (tertiary/aromatic N) is 2. The fourth-order valence-electron chi connectivity index (χ4n) is 6.05. The van der Waals surface area contributed by atoms with Crippen LogP contribution in [0.5, 0.6) is 0 Å². The lowest BCUT2D eigenvalue weighted by Gasteiger charge is -2.49. The molecule has 6 nitrogen and oxygen atoms in total. The van der Waals surface area contributed by atoms with Crippen molar-refractivity contribution < 1.29 is 14.0 Å². The average molecular weight is 426 g/mol. The SMILES string of the molecule is CC1CCC(NC(=O)C2(C)Cn3c(cc4occc43)C(=O)N2C2CCC(C)CC2)CC1. The van der Waals surface area contributed by atoms with Gasteiger partial charge in [0.25, 0.3) is 5.91 Å². The van der Waals surface area contributed by atoms with Gasteiger partial charge in [0.15, 0.2) is 5.58 Å². The molecule has 1 N–H and O–H groups in total. The molecule has 0 spiro atoms. The first-order valence-corrected chi connectivity index (χ1v) is 12.1. The van der Waals surface area contributed by atoms with Gasteiger partial charge in [0.2, 0.25) is 5.91 Å². The molecule has 2 aromatic heterocycles. The summed E-state index contributed by atoms with van der Waals surface area (Å²) in [6, 6.07) is 4.06. The largest absolute Gasteiger partial charge is 0.463 e. The molecule has 168 valence electrons. The van der Waals surface area contributed by atoms with Gasteiger partial charge in [-0.05, 0) is 70.1 Å². The molecule has 1 atom stereocenters. The summed E-state index contributed by atoms with van der Waals surface area (Å²) in [5.74, 6) is 1.38. The molecule has 0 saturated heterocycles. The normalized spacial score (nSPS) is 34.0. The summed E-state index contributed by atoms with van der Waals surface area (Å²) in [5.41, 5.74) is 1.35. The zero-order valence-corrected chi connectivity index (χ0v) is 19.0. The fourth-order valence-corrected chi connectivity index (χ4v) is 6.05. The van der Waals surface area contributed by atoms with Gasteiger partial charge in [0.1, 0.15) is 11.2 Å². The number of hydrogen-bond donors (Lipinski definition) is 1. The van der Waals surface area contributed by atoms with Crippen molar-refractivity contribution in [3.05, 3.63) is 24.1 Å². The van der Waals surface area contributed by atoms with Gasteiger partial charge in [0.05, 0.1) is 18.3 Å². The van der Waals surface area contributed by atoms with E-state index >= 15 is 0 Å². The Morgan fingerprint density at radius 1 is 1.06 bits per heavy atom. The Bertz CT molecular complexity index is 975.